The number of non-ortho nitro benzene ring substituents is 1. The van der Waals surface area contributed by atoms with Gasteiger partial charge in [-0.05, 0) is 31.0 Å². The van der Waals surface area contributed by atoms with Crippen molar-refractivity contribution in [3.63, 3.8) is 0 Å². The number of nitro groups is 1. The summed E-state index contributed by atoms with van der Waals surface area (Å²) in [4.78, 5) is 23.9. The Kier molecular flexibility index (Phi) is 4.17. The van der Waals surface area contributed by atoms with Crippen LogP contribution < -0.4 is 9.62 Å². The normalized spacial score (nSPS) is 13.4. The number of amides is 2. The van der Waals surface area contributed by atoms with Crippen LogP contribution in [0.4, 0.5) is 16.2 Å². The topological polar surface area (TPSA) is 110 Å². The number of carbonyl (C=O) groups is 1. The lowest BCUT2D eigenvalue weighted by Gasteiger charge is -2.18. The van der Waals surface area contributed by atoms with Crippen LogP contribution in [-0.2, 0) is 16.4 Å². The molecular weight excluding hydrogens is 346 g/mol. The molecule has 130 valence electrons. The van der Waals surface area contributed by atoms with E-state index in [9.17, 15) is 23.3 Å². The van der Waals surface area contributed by atoms with Crippen LogP contribution in [0.25, 0.3) is 0 Å². The minimum absolute atomic E-state index is 0.0232. The van der Waals surface area contributed by atoms with Gasteiger partial charge in [-0.25, -0.2) is 17.9 Å². The lowest BCUT2D eigenvalue weighted by atomic mass is 10.1. The average Bonchev–Trinajstić information content (AvgIpc) is 2.98. The number of fused-ring (bicyclic) bond motifs is 1. The summed E-state index contributed by atoms with van der Waals surface area (Å²) in [6, 6.07) is 9.47. The number of nitro benzene ring substituents is 1. The van der Waals surface area contributed by atoms with Gasteiger partial charge in [0, 0.05) is 18.7 Å². The Bertz CT molecular complexity index is 954. The van der Waals surface area contributed by atoms with Crippen LogP contribution in [0, 0.1) is 17.0 Å². The van der Waals surface area contributed by atoms with Crippen LogP contribution in [0.5, 0.6) is 0 Å². The van der Waals surface area contributed by atoms with Crippen molar-refractivity contribution < 1.29 is 18.1 Å². The number of hydrogen-bond acceptors (Lipinski definition) is 5. The third-order valence-electron chi connectivity index (χ3n) is 3.97. The number of nitrogens with zero attached hydrogens (tertiary/aromatic N) is 2. The fraction of sp³-hybridized carbons (Fsp3) is 0.188. The molecule has 0 radical (unpaired) electrons. The predicted octanol–water partition coefficient (Wildman–Crippen LogP) is 2.36. The molecule has 0 fully saturated rings. The van der Waals surface area contributed by atoms with Crippen molar-refractivity contribution >= 4 is 27.4 Å². The zero-order chi connectivity index (χ0) is 18.2. The zero-order valence-corrected chi connectivity index (χ0v) is 14.1. The molecule has 2 amide bonds. The van der Waals surface area contributed by atoms with Crippen LogP contribution in [0.1, 0.15) is 11.1 Å². The molecule has 2 aromatic carbocycles. The van der Waals surface area contributed by atoms with E-state index in [0.717, 1.165) is 11.1 Å². The van der Waals surface area contributed by atoms with Crippen molar-refractivity contribution in [2.24, 2.45) is 0 Å². The van der Waals surface area contributed by atoms with Gasteiger partial charge in [0.1, 0.15) is 0 Å². The van der Waals surface area contributed by atoms with Gasteiger partial charge in [0.2, 0.25) is 0 Å². The van der Waals surface area contributed by atoms with Crippen LogP contribution in [0.2, 0.25) is 0 Å². The first kappa shape index (κ1) is 16.9. The van der Waals surface area contributed by atoms with Gasteiger partial charge in [-0.15, -0.1) is 0 Å². The number of nitrogens with one attached hydrogen (secondary N) is 1. The molecule has 0 aliphatic carbocycles. The second-order valence-corrected chi connectivity index (χ2v) is 7.38. The Morgan fingerprint density at radius 3 is 2.52 bits per heavy atom. The molecule has 0 atom stereocenters. The third kappa shape index (κ3) is 3.31. The molecule has 1 aliphatic heterocycles. The number of anilines is 1. The molecule has 0 unspecified atom stereocenters. The molecule has 8 nitrogen and oxygen atoms in total. The Morgan fingerprint density at radius 2 is 1.88 bits per heavy atom. The van der Waals surface area contributed by atoms with E-state index in [-0.39, 0.29) is 17.1 Å². The Morgan fingerprint density at radius 1 is 1.20 bits per heavy atom. The minimum atomic E-state index is -4.02. The van der Waals surface area contributed by atoms with E-state index in [0.29, 0.717) is 12.1 Å². The first-order valence-corrected chi connectivity index (χ1v) is 8.94. The number of hydrogen-bond donors (Lipinski definition) is 1. The molecule has 1 N–H and O–H groups in total. The van der Waals surface area contributed by atoms with E-state index in [4.69, 9.17) is 0 Å². The molecule has 0 saturated carbocycles. The summed E-state index contributed by atoms with van der Waals surface area (Å²) >= 11 is 0. The van der Waals surface area contributed by atoms with Crippen LogP contribution >= 0.6 is 0 Å². The zero-order valence-electron chi connectivity index (χ0n) is 13.3. The lowest BCUT2D eigenvalue weighted by Crippen LogP contribution is -2.42. The first-order valence-electron chi connectivity index (χ1n) is 7.46. The number of carbonyl (C=O) groups excluding carboxylic acids is 1. The monoisotopic (exact) mass is 361 g/mol. The second kappa shape index (κ2) is 6.17. The standard InChI is InChI=1S/C16H15N3O5S/c1-11-2-6-14(7-3-11)25(23,24)17-16(20)18-9-8-12-4-5-13(19(21)22)10-15(12)18/h2-7,10H,8-9H2,1H3,(H,17,20). The summed E-state index contributed by atoms with van der Waals surface area (Å²) < 4.78 is 26.7. The summed E-state index contributed by atoms with van der Waals surface area (Å²) in [5.74, 6) is 0. The highest BCUT2D eigenvalue weighted by molar-refractivity contribution is 7.90. The Balaban J connectivity index is 1.85. The maximum atomic E-state index is 12.4. The van der Waals surface area contributed by atoms with Gasteiger partial charge in [-0.2, -0.15) is 0 Å². The summed E-state index contributed by atoms with van der Waals surface area (Å²) in [5.41, 5.74) is 1.85. The van der Waals surface area contributed by atoms with Crippen LogP contribution in [0.3, 0.4) is 0 Å². The van der Waals surface area contributed by atoms with Gasteiger partial charge >= 0.3 is 6.03 Å². The fourth-order valence-corrected chi connectivity index (χ4v) is 3.59. The first-order chi connectivity index (χ1) is 11.8. The highest BCUT2D eigenvalue weighted by atomic mass is 32.2. The van der Waals surface area contributed by atoms with Crippen molar-refractivity contribution in [3.05, 3.63) is 63.7 Å². The van der Waals surface area contributed by atoms with E-state index in [1.165, 1.54) is 29.2 Å². The van der Waals surface area contributed by atoms with Gasteiger partial charge < -0.3 is 0 Å². The Hall–Kier alpha value is -2.94. The minimum Gasteiger partial charge on any atom is -0.293 e. The van der Waals surface area contributed by atoms with Gasteiger partial charge in [0.15, 0.2) is 0 Å². The highest BCUT2D eigenvalue weighted by Crippen LogP contribution is 2.31. The average molecular weight is 361 g/mol. The van der Waals surface area contributed by atoms with E-state index in [1.54, 1.807) is 18.2 Å². The fourth-order valence-electron chi connectivity index (χ4n) is 2.64. The number of sulfonamides is 1. The van der Waals surface area contributed by atoms with Crippen molar-refractivity contribution in [2.75, 3.05) is 11.4 Å². The van der Waals surface area contributed by atoms with E-state index in [1.807, 2.05) is 11.6 Å². The van der Waals surface area contributed by atoms with Crippen molar-refractivity contribution in [3.8, 4) is 0 Å². The van der Waals surface area contributed by atoms with Crippen molar-refractivity contribution in [1.82, 2.24) is 4.72 Å². The van der Waals surface area contributed by atoms with Gasteiger partial charge in [0.05, 0.1) is 15.5 Å². The number of rotatable bonds is 3. The highest BCUT2D eigenvalue weighted by Gasteiger charge is 2.29. The number of benzene rings is 2. The number of urea groups is 1. The van der Waals surface area contributed by atoms with E-state index in [2.05, 4.69) is 0 Å². The van der Waals surface area contributed by atoms with Gasteiger partial charge in [-0.1, -0.05) is 23.8 Å². The van der Waals surface area contributed by atoms with E-state index < -0.39 is 21.0 Å². The SMILES string of the molecule is Cc1ccc(S(=O)(=O)NC(=O)N2CCc3ccc([N+](=O)[O-])cc32)cc1. The summed E-state index contributed by atoms with van der Waals surface area (Å²) in [5, 5.41) is 10.9. The molecule has 0 bridgehead atoms. The molecule has 0 saturated heterocycles. The second-order valence-electron chi connectivity index (χ2n) is 5.70. The number of aryl methyl sites for hydroxylation is 1. The van der Waals surface area contributed by atoms with Crippen LogP contribution in [-0.4, -0.2) is 25.9 Å². The lowest BCUT2D eigenvalue weighted by molar-refractivity contribution is -0.384. The summed E-state index contributed by atoms with van der Waals surface area (Å²) in [7, 11) is -4.02. The van der Waals surface area contributed by atoms with Crippen molar-refractivity contribution in [1.29, 1.82) is 0 Å². The molecule has 0 spiro atoms. The maximum Gasteiger partial charge on any atom is 0.335 e. The molecular formula is C16H15N3O5S. The summed E-state index contributed by atoms with van der Waals surface area (Å²) in [6.07, 6.45) is 0.505. The smallest absolute Gasteiger partial charge is 0.293 e. The van der Waals surface area contributed by atoms with Gasteiger partial charge in [-0.3, -0.25) is 15.0 Å². The Labute approximate surface area is 144 Å². The molecule has 9 heteroatoms. The van der Waals surface area contributed by atoms with Gasteiger partial charge in [0.25, 0.3) is 15.7 Å². The molecule has 0 aromatic heterocycles. The van der Waals surface area contributed by atoms with E-state index >= 15 is 0 Å². The molecule has 1 heterocycles. The molecule has 3 rings (SSSR count). The largest absolute Gasteiger partial charge is 0.335 e. The third-order valence-corrected chi connectivity index (χ3v) is 5.31. The molecule has 1 aliphatic rings. The van der Waals surface area contributed by atoms with Crippen LogP contribution in [0.15, 0.2) is 47.4 Å². The molecule has 2 aromatic rings. The van der Waals surface area contributed by atoms with Crippen molar-refractivity contribution in [2.45, 2.75) is 18.2 Å². The maximum absolute atomic E-state index is 12.4. The summed E-state index contributed by atoms with van der Waals surface area (Å²) in [6.45, 7) is 2.08. The molecule has 25 heavy (non-hydrogen) atoms. The quantitative estimate of drug-likeness (QED) is 0.667. The predicted molar refractivity (Wildman–Crippen MR) is 91.0 cm³/mol.